The number of hydrogen-bond donors (Lipinski definition) is 2. The molecular formula is C25H20ClF3N4O3. The van der Waals surface area contributed by atoms with Gasteiger partial charge in [-0.25, -0.2) is 4.98 Å². The van der Waals surface area contributed by atoms with Crippen molar-refractivity contribution in [2.45, 2.75) is 25.4 Å². The predicted molar refractivity (Wildman–Crippen MR) is 129 cm³/mol. The number of methoxy groups -OCH3 is 1. The van der Waals surface area contributed by atoms with Crippen LogP contribution in [0, 0.1) is 0 Å². The van der Waals surface area contributed by atoms with E-state index in [4.69, 9.17) is 21.1 Å². The summed E-state index contributed by atoms with van der Waals surface area (Å²) in [6, 6.07) is 9.77. The van der Waals surface area contributed by atoms with E-state index in [1.807, 2.05) is 0 Å². The zero-order valence-electron chi connectivity index (χ0n) is 19.0. The second-order valence-electron chi connectivity index (χ2n) is 8.23. The largest absolute Gasteiger partial charge is 0.493 e. The number of halogens is 4. The van der Waals surface area contributed by atoms with E-state index in [0.717, 1.165) is 5.69 Å². The molecule has 11 heteroatoms. The number of H-pyrrole nitrogens is 1. The maximum atomic E-state index is 13.0. The number of alkyl halides is 3. The number of nitrogens with one attached hydrogen (secondary N) is 2. The van der Waals surface area contributed by atoms with Gasteiger partial charge in [-0.2, -0.15) is 13.2 Å². The summed E-state index contributed by atoms with van der Waals surface area (Å²) < 4.78 is 48.4. The van der Waals surface area contributed by atoms with Gasteiger partial charge in [0.25, 0.3) is 0 Å². The number of pyridine rings is 2. The summed E-state index contributed by atoms with van der Waals surface area (Å²) in [5.41, 5.74) is 4.21. The smallest absolute Gasteiger partial charge is 0.422 e. The number of aromatic nitrogens is 3. The summed E-state index contributed by atoms with van der Waals surface area (Å²) in [6.45, 7) is -1.46. The molecule has 7 nitrogen and oxygen atoms in total. The lowest BCUT2D eigenvalue weighted by atomic mass is 9.94. The van der Waals surface area contributed by atoms with Crippen LogP contribution in [-0.2, 0) is 6.42 Å². The van der Waals surface area contributed by atoms with Crippen molar-refractivity contribution in [1.29, 1.82) is 0 Å². The molecule has 0 amide bonds. The number of benzene rings is 1. The quantitative estimate of drug-likeness (QED) is 0.304. The number of nitrogens with zero attached hydrogens (tertiary/aromatic N) is 2. The minimum absolute atomic E-state index is 0.0252. The van der Waals surface area contributed by atoms with Gasteiger partial charge in [-0.15, -0.1) is 0 Å². The highest BCUT2D eigenvalue weighted by Gasteiger charge is 2.30. The van der Waals surface area contributed by atoms with Crippen molar-refractivity contribution in [3.63, 3.8) is 0 Å². The maximum Gasteiger partial charge on any atom is 0.422 e. The van der Waals surface area contributed by atoms with E-state index in [-0.39, 0.29) is 11.7 Å². The van der Waals surface area contributed by atoms with Crippen molar-refractivity contribution in [2.75, 3.05) is 19.0 Å². The Kier molecular flexibility index (Phi) is 6.21. The third-order valence-corrected chi connectivity index (χ3v) is 6.13. The van der Waals surface area contributed by atoms with Gasteiger partial charge in [-0.1, -0.05) is 17.7 Å². The van der Waals surface area contributed by atoms with Crippen LogP contribution in [-0.4, -0.2) is 40.6 Å². The monoisotopic (exact) mass is 516 g/mol. The van der Waals surface area contributed by atoms with Crippen LogP contribution in [0.3, 0.4) is 0 Å². The zero-order valence-corrected chi connectivity index (χ0v) is 19.8. The number of Topliss-reactive ketones (excluding diaryl/α,β-unsaturated/α-hetero) is 1. The van der Waals surface area contributed by atoms with Gasteiger partial charge < -0.3 is 19.8 Å². The first kappa shape index (κ1) is 23.9. The first-order valence-corrected chi connectivity index (χ1v) is 11.5. The van der Waals surface area contributed by atoms with Gasteiger partial charge in [-0.05, 0) is 37.1 Å². The molecule has 0 radical (unpaired) electrons. The molecule has 4 aromatic rings. The molecule has 3 aromatic heterocycles. The molecular weight excluding hydrogens is 497 g/mol. The molecule has 0 atom stereocenters. The number of aryl methyl sites for hydroxylation is 1. The molecule has 1 aromatic carbocycles. The van der Waals surface area contributed by atoms with Crippen LogP contribution in [0.1, 0.15) is 28.9 Å². The molecule has 0 bridgehead atoms. The SMILES string of the molecule is COc1c(Cl)cccc1Nc1c(-c2ccnc3ccc(OCC(F)(F)F)nc23)[nH]c2c1C(=O)CCC2. The third kappa shape index (κ3) is 4.56. The van der Waals surface area contributed by atoms with Crippen molar-refractivity contribution >= 4 is 39.8 Å². The highest BCUT2D eigenvalue weighted by atomic mass is 35.5. The topological polar surface area (TPSA) is 89.1 Å². The molecule has 5 rings (SSSR count). The Bertz CT molecular complexity index is 1470. The lowest BCUT2D eigenvalue weighted by Crippen LogP contribution is -2.19. The fraction of sp³-hybridized carbons (Fsp3) is 0.240. The van der Waals surface area contributed by atoms with Crippen molar-refractivity contribution in [3.8, 4) is 22.9 Å². The Morgan fingerprint density at radius 2 is 2.00 bits per heavy atom. The summed E-state index contributed by atoms with van der Waals surface area (Å²) in [7, 11) is 1.49. The molecule has 0 saturated heterocycles. The molecule has 186 valence electrons. The molecule has 0 fully saturated rings. The van der Waals surface area contributed by atoms with Gasteiger partial charge in [0.05, 0.1) is 40.3 Å². The number of aromatic amines is 1. The van der Waals surface area contributed by atoms with E-state index in [1.165, 1.54) is 13.2 Å². The lowest BCUT2D eigenvalue weighted by molar-refractivity contribution is -0.154. The fourth-order valence-corrected chi connectivity index (χ4v) is 4.57. The van der Waals surface area contributed by atoms with E-state index in [0.29, 0.717) is 69.3 Å². The molecule has 1 aliphatic carbocycles. The molecule has 0 unspecified atom stereocenters. The van der Waals surface area contributed by atoms with E-state index in [1.54, 1.807) is 36.5 Å². The Morgan fingerprint density at radius 3 is 2.78 bits per heavy atom. The van der Waals surface area contributed by atoms with Gasteiger partial charge in [0.15, 0.2) is 18.1 Å². The van der Waals surface area contributed by atoms with Gasteiger partial charge in [0.2, 0.25) is 5.88 Å². The van der Waals surface area contributed by atoms with Crippen LogP contribution in [0.2, 0.25) is 5.02 Å². The second kappa shape index (κ2) is 9.34. The molecule has 0 spiro atoms. The minimum atomic E-state index is -4.50. The van der Waals surface area contributed by atoms with Gasteiger partial charge in [0, 0.05) is 29.9 Å². The van der Waals surface area contributed by atoms with Crippen molar-refractivity contribution in [3.05, 3.63) is 58.9 Å². The molecule has 0 aliphatic heterocycles. The van der Waals surface area contributed by atoms with Crippen molar-refractivity contribution in [1.82, 2.24) is 15.0 Å². The van der Waals surface area contributed by atoms with Crippen LogP contribution in [0.25, 0.3) is 22.3 Å². The highest BCUT2D eigenvalue weighted by Crippen LogP contribution is 2.43. The van der Waals surface area contributed by atoms with Crippen LogP contribution in [0.15, 0.2) is 42.6 Å². The van der Waals surface area contributed by atoms with Gasteiger partial charge in [0.1, 0.15) is 5.52 Å². The number of hydrogen-bond acceptors (Lipinski definition) is 6. The van der Waals surface area contributed by atoms with E-state index in [2.05, 4.69) is 20.3 Å². The van der Waals surface area contributed by atoms with Crippen molar-refractivity contribution in [2.24, 2.45) is 0 Å². The Labute approximate surface area is 208 Å². The number of ketones is 1. The summed E-state index contributed by atoms with van der Waals surface area (Å²) in [6.07, 6.45) is -1.16. The second-order valence-corrected chi connectivity index (χ2v) is 8.64. The number of ether oxygens (including phenoxy) is 2. The minimum Gasteiger partial charge on any atom is -0.493 e. The Hall–Kier alpha value is -3.79. The Balaban J connectivity index is 1.67. The standard InChI is InChI=1S/C25H20ClF3N4O3/c1-35-24-14(26)4-2-6-17(24)32-23-20-15(5-3-7-18(20)34)31-22(23)13-10-11-30-16-8-9-19(33-21(13)16)36-12-25(27,28)29/h2,4,6,8-11,31-32H,3,5,7,12H2,1H3. The third-order valence-electron chi connectivity index (χ3n) is 5.83. The average Bonchev–Trinajstić information content (AvgIpc) is 3.21. The van der Waals surface area contributed by atoms with E-state index < -0.39 is 12.8 Å². The fourth-order valence-electron chi connectivity index (χ4n) is 4.32. The molecule has 36 heavy (non-hydrogen) atoms. The molecule has 3 heterocycles. The number of rotatable bonds is 6. The molecule has 0 saturated carbocycles. The normalized spacial score (nSPS) is 13.5. The summed E-state index contributed by atoms with van der Waals surface area (Å²) in [4.78, 5) is 24.9. The maximum absolute atomic E-state index is 13.0. The summed E-state index contributed by atoms with van der Waals surface area (Å²) in [5.74, 6) is 0.194. The van der Waals surface area contributed by atoms with Crippen LogP contribution in [0.5, 0.6) is 11.6 Å². The summed E-state index contributed by atoms with van der Waals surface area (Å²) >= 11 is 6.30. The van der Waals surface area contributed by atoms with Crippen molar-refractivity contribution < 1.29 is 27.4 Å². The number of fused-ring (bicyclic) bond motifs is 2. The molecule has 1 aliphatic rings. The van der Waals surface area contributed by atoms with Gasteiger partial charge >= 0.3 is 6.18 Å². The van der Waals surface area contributed by atoms with Crippen LogP contribution < -0.4 is 14.8 Å². The highest BCUT2D eigenvalue weighted by molar-refractivity contribution is 6.32. The zero-order chi connectivity index (χ0) is 25.4. The van der Waals surface area contributed by atoms with Crippen LogP contribution in [0.4, 0.5) is 24.5 Å². The number of anilines is 2. The van der Waals surface area contributed by atoms with E-state index in [9.17, 15) is 18.0 Å². The summed E-state index contributed by atoms with van der Waals surface area (Å²) in [5, 5.41) is 3.70. The number of carbonyl (C=O) groups excluding carboxylic acids is 1. The first-order chi connectivity index (χ1) is 17.2. The average molecular weight is 517 g/mol. The van der Waals surface area contributed by atoms with Gasteiger partial charge in [-0.3, -0.25) is 9.78 Å². The predicted octanol–water partition coefficient (Wildman–Crippen LogP) is 6.49. The molecule has 2 N–H and O–H groups in total. The number of para-hydroxylation sites is 1. The first-order valence-electron chi connectivity index (χ1n) is 11.1. The number of carbonyl (C=O) groups is 1. The van der Waals surface area contributed by atoms with E-state index >= 15 is 0 Å². The lowest BCUT2D eigenvalue weighted by Gasteiger charge is -2.16. The van der Waals surface area contributed by atoms with Crippen LogP contribution >= 0.6 is 11.6 Å². The Morgan fingerprint density at radius 1 is 1.17 bits per heavy atom.